The quantitative estimate of drug-likeness (QED) is 0.872. The number of rotatable bonds is 6. The maximum absolute atomic E-state index is 11.4. The number of nitrogens with zero attached hydrogens (tertiary/aromatic N) is 1. The van der Waals surface area contributed by atoms with Gasteiger partial charge < -0.3 is 10.2 Å². The third-order valence-corrected chi connectivity index (χ3v) is 4.71. The minimum absolute atomic E-state index is 0.186. The van der Waals surface area contributed by atoms with E-state index in [0.717, 1.165) is 25.9 Å². The molecule has 3 nitrogen and oxygen atoms in total. The van der Waals surface area contributed by atoms with Crippen LogP contribution in [0, 0.1) is 5.92 Å². The zero-order valence-corrected chi connectivity index (χ0v) is 13.3. The number of carbonyl (C=O) groups is 1. The molecule has 2 rings (SSSR count). The van der Waals surface area contributed by atoms with Crippen molar-refractivity contribution < 1.29 is 4.79 Å². The predicted molar refractivity (Wildman–Crippen MR) is 87.3 cm³/mol. The third-order valence-electron chi connectivity index (χ3n) is 4.71. The van der Waals surface area contributed by atoms with Gasteiger partial charge in [-0.25, -0.2) is 0 Å². The van der Waals surface area contributed by atoms with E-state index in [1.54, 1.807) is 7.05 Å². The van der Waals surface area contributed by atoms with Crippen molar-refractivity contribution in [1.29, 1.82) is 0 Å². The van der Waals surface area contributed by atoms with E-state index in [0.29, 0.717) is 18.3 Å². The molecule has 1 aliphatic heterocycles. The summed E-state index contributed by atoms with van der Waals surface area (Å²) in [6.45, 7) is 5.77. The molecular formula is C18H28N2O. The number of hydrogen-bond acceptors (Lipinski definition) is 2. The molecule has 1 heterocycles. The summed E-state index contributed by atoms with van der Waals surface area (Å²) >= 11 is 0. The fourth-order valence-corrected chi connectivity index (χ4v) is 3.10. The normalized spacial score (nSPS) is 18.4. The molecule has 1 aliphatic rings. The Morgan fingerprint density at radius 3 is 2.57 bits per heavy atom. The lowest BCUT2D eigenvalue weighted by Crippen LogP contribution is -2.36. The summed E-state index contributed by atoms with van der Waals surface area (Å²) in [6, 6.07) is 10.8. The van der Waals surface area contributed by atoms with Gasteiger partial charge in [0.25, 0.3) is 0 Å². The van der Waals surface area contributed by atoms with Crippen molar-refractivity contribution in [2.24, 2.45) is 5.92 Å². The van der Waals surface area contributed by atoms with Gasteiger partial charge in [-0.2, -0.15) is 0 Å². The van der Waals surface area contributed by atoms with Crippen molar-refractivity contribution in [3.8, 4) is 0 Å². The van der Waals surface area contributed by atoms with Gasteiger partial charge in [0.2, 0.25) is 5.91 Å². The van der Waals surface area contributed by atoms with E-state index in [4.69, 9.17) is 0 Å². The molecule has 1 aromatic carbocycles. The average Bonchev–Trinajstić information content (AvgIpc) is 2.54. The van der Waals surface area contributed by atoms with Crippen molar-refractivity contribution in [3.63, 3.8) is 0 Å². The molecule has 1 amide bonds. The highest BCUT2D eigenvalue weighted by atomic mass is 16.1. The molecule has 0 unspecified atom stereocenters. The van der Waals surface area contributed by atoms with Crippen LogP contribution in [-0.2, 0) is 4.79 Å². The summed E-state index contributed by atoms with van der Waals surface area (Å²) in [5, 5.41) is 2.73. The summed E-state index contributed by atoms with van der Waals surface area (Å²) in [7, 11) is 1.72. The number of amides is 1. The first-order valence-electron chi connectivity index (χ1n) is 8.17. The maximum Gasteiger partial charge on any atom is 0.220 e. The van der Waals surface area contributed by atoms with E-state index < -0.39 is 0 Å². The second-order valence-electron chi connectivity index (χ2n) is 6.26. The van der Waals surface area contributed by atoms with Gasteiger partial charge >= 0.3 is 0 Å². The molecule has 0 bridgehead atoms. The highest BCUT2D eigenvalue weighted by molar-refractivity contribution is 5.75. The number of carbonyl (C=O) groups excluding carboxylic acids is 1. The lowest BCUT2D eigenvalue weighted by molar-refractivity contribution is -0.121. The van der Waals surface area contributed by atoms with E-state index in [1.807, 2.05) is 0 Å². The largest absolute Gasteiger partial charge is 0.359 e. The zero-order chi connectivity index (χ0) is 15.1. The fraction of sp³-hybridized carbons (Fsp3) is 0.611. The summed E-state index contributed by atoms with van der Waals surface area (Å²) in [4.78, 5) is 14.0. The molecule has 1 saturated heterocycles. The molecule has 21 heavy (non-hydrogen) atoms. The van der Waals surface area contributed by atoms with Crippen molar-refractivity contribution in [2.45, 2.75) is 38.5 Å². The smallest absolute Gasteiger partial charge is 0.220 e. The zero-order valence-electron chi connectivity index (χ0n) is 13.3. The summed E-state index contributed by atoms with van der Waals surface area (Å²) in [6.07, 6.45) is 4.23. The minimum Gasteiger partial charge on any atom is -0.359 e. The second kappa shape index (κ2) is 8.18. The van der Waals surface area contributed by atoms with Crippen LogP contribution in [0.1, 0.15) is 44.1 Å². The van der Waals surface area contributed by atoms with Gasteiger partial charge in [-0.3, -0.25) is 4.79 Å². The molecule has 0 spiro atoms. The lowest BCUT2D eigenvalue weighted by Gasteiger charge is -2.32. The number of piperidine rings is 1. The molecular weight excluding hydrogens is 260 g/mol. The van der Waals surface area contributed by atoms with Crippen LogP contribution in [0.5, 0.6) is 0 Å². The van der Waals surface area contributed by atoms with Gasteiger partial charge in [0.1, 0.15) is 0 Å². The van der Waals surface area contributed by atoms with Crippen molar-refractivity contribution in [1.82, 2.24) is 10.2 Å². The van der Waals surface area contributed by atoms with Crippen LogP contribution < -0.4 is 5.32 Å². The minimum atomic E-state index is 0.186. The fourth-order valence-electron chi connectivity index (χ4n) is 3.10. The van der Waals surface area contributed by atoms with E-state index >= 15 is 0 Å². The first kappa shape index (κ1) is 16.0. The SMILES string of the molecule is CNC(=O)CC1CCN(CC[C@H](C)c2ccccc2)CC1. The predicted octanol–water partition coefficient (Wildman–Crippen LogP) is 3.03. The van der Waals surface area contributed by atoms with Crippen LogP contribution in [-0.4, -0.2) is 37.5 Å². The van der Waals surface area contributed by atoms with Gasteiger partial charge in [-0.15, -0.1) is 0 Å². The molecule has 1 fully saturated rings. The van der Waals surface area contributed by atoms with E-state index in [1.165, 1.54) is 18.5 Å². The second-order valence-corrected chi connectivity index (χ2v) is 6.26. The lowest BCUT2D eigenvalue weighted by atomic mass is 9.92. The van der Waals surface area contributed by atoms with Gasteiger partial charge in [0, 0.05) is 13.5 Å². The molecule has 0 aromatic heterocycles. The van der Waals surface area contributed by atoms with Crippen LogP contribution in [0.15, 0.2) is 30.3 Å². The molecule has 116 valence electrons. The van der Waals surface area contributed by atoms with Crippen LogP contribution in [0.25, 0.3) is 0 Å². The Kier molecular flexibility index (Phi) is 6.24. The van der Waals surface area contributed by atoms with Crippen LogP contribution in [0.3, 0.4) is 0 Å². The van der Waals surface area contributed by atoms with E-state index in [2.05, 4.69) is 47.5 Å². The Bertz CT molecular complexity index is 424. The number of likely N-dealkylation sites (tertiary alicyclic amines) is 1. The molecule has 0 radical (unpaired) electrons. The monoisotopic (exact) mass is 288 g/mol. The van der Waals surface area contributed by atoms with Gasteiger partial charge in [0.05, 0.1) is 0 Å². The van der Waals surface area contributed by atoms with Gasteiger partial charge in [0.15, 0.2) is 0 Å². The standard InChI is InChI=1S/C18H28N2O/c1-15(17-6-4-3-5-7-17)8-11-20-12-9-16(10-13-20)14-18(21)19-2/h3-7,15-16H,8-14H2,1-2H3,(H,19,21)/t15-/m0/s1. The molecule has 3 heteroatoms. The average molecular weight is 288 g/mol. The first-order valence-corrected chi connectivity index (χ1v) is 8.17. The Hall–Kier alpha value is -1.35. The molecule has 1 atom stereocenters. The Morgan fingerprint density at radius 1 is 1.29 bits per heavy atom. The Labute approximate surface area is 128 Å². The van der Waals surface area contributed by atoms with Crippen LogP contribution in [0.4, 0.5) is 0 Å². The van der Waals surface area contributed by atoms with Gasteiger partial charge in [-0.1, -0.05) is 37.3 Å². The molecule has 0 aliphatic carbocycles. The van der Waals surface area contributed by atoms with E-state index in [-0.39, 0.29) is 5.91 Å². The third kappa shape index (κ3) is 5.16. The first-order chi connectivity index (χ1) is 10.2. The Morgan fingerprint density at radius 2 is 1.95 bits per heavy atom. The number of benzene rings is 1. The topological polar surface area (TPSA) is 32.3 Å². The number of nitrogens with one attached hydrogen (secondary N) is 1. The maximum atomic E-state index is 11.4. The van der Waals surface area contributed by atoms with E-state index in [9.17, 15) is 4.79 Å². The molecule has 0 saturated carbocycles. The molecule has 1 aromatic rings. The highest BCUT2D eigenvalue weighted by Crippen LogP contribution is 2.23. The van der Waals surface area contributed by atoms with Crippen molar-refractivity contribution in [3.05, 3.63) is 35.9 Å². The number of hydrogen-bond donors (Lipinski definition) is 1. The Balaban J connectivity index is 1.68. The van der Waals surface area contributed by atoms with Crippen molar-refractivity contribution in [2.75, 3.05) is 26.7 Å². The highest BCUT2D eigenvalue weighted by Gasteiger charge is 2.21. The van der Waals surface area contributed by atoms with Crippen molar-refractivity contribution >= 4 is 5.91 Å². The summed E-state index contributed by atoms with van der Waals surface area (Å²) in [5.41, 5.74) is 1.44. The summed E-state index contributed by atoms with van der Waals surface area (Å²) < 4.78 is 0. The van der Waals surface area contributed by atoms with Crippen LogP contribution in [0.2, 0.25) is 0 Å². The van der Waals surface area contributed by atoms with Gasteiger partial charge in [-0.05, 0) is 56.3 Å². The molecule has 1 N–H and O–H groups in total. The summed E-state index contributed by atoms with van der Waals surface area (Å²) in [5.74, 6) is 1.38. The van der Waals surface area contributed by atoms with Crippen LogP contribution >= 0.6 is 0 Å².